The second kappa shape index (κ2) is 9.54. The van der Waals surface area contributed by atoms with Crippen LogP contribution >= 0.6 is 0 Å². The molecule has 0 aromatic heterocycles. The Morgan fingerprint density at radius 2 is 1.91 bits per heavy atom. The topological polar surface area (TPSA) is 29.5 Å². The van der Waals surface area contributed by atoms with Crippen LogP contribution in [0.25, 0.3) is 0 Å². The highest BCUT2D eigenvalue weighted by atomic mass is 28.4. The molecule has 0 saturated heterocycles. The Balaban J connectivity index is 1.78. The van der Waals surface area contributed by atoms with Crippen molar-refractivity contribution in [2.45, 2.75) is 111 Å². The van der Waals surface area contributed by atoms with Gasteiger partial charge in [-0.3, -0.25) is 0 Å². The molecule has 182 valence electrons. The highest BCUT2D eigenvalue weighted by Crippen LogP contribution is 2.59. The predicted octanol–water partition coefficient (Wildman–Crippen LogP) is 8.06. The summed E-state index contributed by atoms with van der Waals surface area (Å²) in [6.45, 7) is 23.5. The van der Waals surface area contributed by atoms with E-state index in [0.29, 0.717) is 35.7 Å². The summed E-state index contributed by atoms with van der Waals surface area (Å²) >= 11 is 0. The smallest absolute Gasteiger partial charge is 0.192 e. The third kappa shape index (κ3) is 5.05. The number of rotatable bonds is 5. The first-order chi connectivity index (χ1) is 14.8. The lowest BCUT2D eigenvalue weighted by Gasteiger charge is -2.44. The van der Waals surface area contributed by atoms with Crippen molar-refractivity contribution in [3.63, 3.8) is 0 Å². The normalized spacial score (nSPS) is 37.7. The molecule has 0 amide bonds. The molecule has 2 nitrogen and oxygen atoms in total. The first kappa shape index (κ1) is 26.0. The molecule has 0 aromatic carbocycles. The molecule has 0 unspecified atom stereocenters. The summed E-state index contributed by atoms with van der Waals surface area (Å²) < 4.78 is 6.84. The van der Waals surface area contributed by atoms with Crippen LogP contribution in [-0.2, 0) is 4.43 Å². The van der Waals surface area contributed by atoms with Crippen LogP contribution in [-0.4, -0.2) is 26.1 Å². The Morgan fingerprint density at radius 3 is 2.53 bits per heavy atom. The Labute approximate surface area is 199 Å². The van der Waals surface area contributed by atoms with Crippen molar-refractivity contribution in [1.82, 2.24) is 0 Å². The average molecular weight is 459 g/mol. The molecular weight excluding hydrogens is 408 g/mol. The summed E-state index contributed by atoms with van der Waals surface area (Å²) in [5.41, 5.74) is 4.86. The predicted molar refractivity (Wildman–Crippen MR) is 140 cm³/mol. The van der Waals surface area contributed by atoms with Gasteiger partial charge in [0.25, 0.3) is 0 Å². The van der Waals surface area contributed by atoms with Crippen molar-refractivity contribution >= 4 is 8.32 Å². The van der Waals surface area contributed by atoms with Gasteiger partial charge in [-0.25, -0.2) is 0 Å². The maximum absolute atomic E-state index is 9.80. The van der Waals surface area contributed by atoms with Crippen LogP contribution in [0.5, 0.6) is 0 Å². The van der Waals surface area contributed by atoms with Gasteiger partial charge in [0.05, 0.1) is 6.10 Å². The number of fused-ring (bicyclic) bond motifs is 1. The van der Waals surface area contributed by atoms with Gasteiger partial charge in [0.15, 0.2) is 8.32 Å². The maximum Gasteiger partial charge on any atom is 0.192 e. The van der Waals surface area contributed by atoms with Crippen LogP contribution in [0.3, 0.4) is 0 Å². The van der Waals surface area contributed by atoms with Crippen molar-refractivity contribution in [1.29, 1.82) is 0 Å². The van der Waals surface area contributed by atoms with Crippen molar-refractivity contribution in [2.75, 3.05) is 6.61 Å². The van der Waals surface area contributed by atoms with E-state index in [9.17, 15) is 5.11 Å². The van der Waals surface area contributed by atoms with Crippen LogP contribution in [0.4, 0.5) is 0 Å². The molecule has 0 radical (unpaired) electrons. The molecule has 3 rings (SSSR count). The molecule has 3 fully saturated rings. The molecule has 0 heterocycles. The fourth-order valence-corrected chi connectivity index (χ4v) is 7.95. The van der Waals surface area contributed by atoms with E-state index in [1.54, 1.807) is 5.57 Å². The second-order valence-electron chi connectivity index (χ2n) is 13.1. The number of hydrogen-bond donors (Lipinski definition) is 1. The molecule has 3 aliphatic rings. The van der Waals surface area contributed by atoms with E-state index >= 15 is 0 Å². The lowest BCUT2D eigenvalue weighted by molar-refractivity contribution is 0.0690. The van der Waals surface area contributed by atoms with Gasteiger partial charge in [0, 0.05) is 6.61 Å². The van der Waals surface area contributed by atoms with Crippen LogP contribution < -0.4 is 0 Å². The van der Waals surface area contributed by atoms with Gasteiger partial charge in [-0.05, 0) is 97.7 Å². The van der Waals surface area contributed by atoms with Gasteiger partial charge >= 0.3 is 0 Å². The van der Waals surface area contributed by atoms with Crippen LogP contribution in [0.1, 0.15) is 86.5 Å². The van der Waals surface area contributed by atoms with Gasteiger partial charge in [-0.1, -0.05) is 71.4 Å². The number of hydrogen-bond acceptors (Lipinski definition) is 2. The Hall–Kier alpha value is -0.643. The second-order valence-corrected chi connectivity index (χ2v) is 17.8. The summed E-state index contributed by atoms with van der Waals surface area (Å²) in [7, 11) is -1.82. The van der Waals surface area contributed by atoms with Crippen molar-refractivity contribution in [3.05, 3.63) is 35.5 Å². The molecule has 1 N–H and O–H groups in total. The number of allylic oxidation sites excluding steroid dienone is 3. The van der Waals surface area contributed by atoms with Crippen molar-refractivity contribution in [3.8, 4) is 0 Å². The first-order valence-corrected chi connectivity index (χ1v) is 16.1. The average Bonchev–Trinajstić information content (AvgIpc) is 3.05. The van der Waals surface area contributed by atoms with E-state index in [1.165, 1.54) is 43.3 Å². The fraction of sp³-hybridized carbons (Fsp3) is 0.793. The van der Waals surface area contributed by atoms with E-state index in [0.717, 1.165) is 12.8 Å². The summed E-state index contributed by atoms with van der Waals surface area (Å²) in [5.74, 6) is 2.26. The molecular formula is C29H50O2Si. The summed E-state index contributed by atoms with van der Waals surface area (Å²) in [6, 6.07) is 0. The van der Waals surface area contributed by atoms with E-state index in [1.807, 2.05) is 0 Å². The van der Waals surface area contributed by atoms with Crippen molar-refractivity contribution < 1.29 is 9.53 Å². The number of aliphatic hydroxyl groups excluding tert-OH is 1. The first-order valence-electron chi connectivity index (χ1n) is 13.2. The van der Waals surface area contributed by atoms with Gasteiger partial charge in [-0.2, -0.15) is 0 Å². The van der Waals surface area contributed by atoms with E-state index < -0.39 is 8.32 Å². The molecule has 0 aliphatic heterocycles. The molecule has 0 spiro atoms. The number of aliphatic hydroxyl groups is 1. The van der Waals surface area contributed by atoms with Crippen LogP contribution in [0.15, 0.2) is 35.5 Å². The van der Waals surface area contributed by atoms with E-state index in [4.69, 9.17) is 4.43 Å². The van der Waals surface area contributed by atoms with E-state index in [-0.39, 0.29) is 11.1 Å². The standard InChI is InChI=1S/C29H50O2Si/c1-20-17-23(18-27(22(20)3)31-32(8,9)28(4,5)6)12-13-24-11-10-16-29(7)25(21(2)19-30)14-15-26(24)29/h12-13,20-21,25-27,30H,3,10-11,14-19H2,1-2,4-9H3/b23-12-,24-13+/t20-,21+,25-,26+,27-,29-/m1/s1. The van der Waals surface area contributed by atoms with Gasteiger partial charge < -0.3 is 9.53 Å². The highest BCUT2D eigenvalue weighted by Gasteiger charge is 2.50. The molecule has 0 aromatic rings. The molecule has 32 heavy (non-hydrogen) atoms. The van der Waals surface area contributed by atoms with Crippen LogP contribution in [0, 0.1) is 29.1 Å². The summed E-state index contributed by atoms with van der Waals surface area (Å²) in [5, 5.41) is 10.0. The SMILES string of the molecule is C=C1[C@H](C)C/C(=C/C=C2\CCC[C@]3(C)[C@@H]([C@@H](C)CO)CC[C@@H]23)C[C@H]1O[Si](C)(C)C(C)(C)C. The monoisotopic (exact) mass is 458 g/mol. The lowest BCUT2D eigenvalue weighted by Crippen LogP contribution is -2.45. The minimum absolute atomic E-state index is 0.169. The molecule has 6 atom stereocenters. The van der Waals surface area contributed by atoms with E-state index in [2.05, 4.69) is 73.4 Å². The molecule has 3 aliphatic carbocycles. The summed E-state index contributed by atoms with van der Waals surface area (Å²) in [6.07, 6.45) is 13.7. The molecule has 0 bridgehead atoms. The minimum Gasteiger partial charge on any atom is -0.410 e. The Bertz CT molecular complexity index is 756. The van der Waals surface area contributed by atoms with Gasteiger partial charge in [0.1, 0.15) is 0 Å². The zero-order valence-electron chi connectivity index (χ0n) is 22.3. The Morgan fingerprint density at radius 1 is 1.22 bits per heavy atom. The zero-order chi connectivity index (χ0) is 23.9. The third-order valence-electron chi connectivity index (χ3n) is 9.85. The van der Waals surface area contributed by atoms with Crippen LogP contribution in [0.2, 0.25) is 18.1 Å². The zero-order valence-corrected chi connectivity index (χ0v) is 23.3. The third-order valence-corrected chi connectivity index (χ3v) is 14.3. The van der Waals surface area contributed by atoms with Gasteiger partial charge in [-0.15, -0.1) is 0 Å². The highest BCUT2D eigenvalue weighted by molar-refractivity contribution is 6.74. The minimum atomic E-state index is -1.82. The molecule has 3 saturated carbocycles. The maximum atomic E-state index is 9.80. The lowest BCUT2D eigenvalue weighted by atomic mass is 9.61. The quantitative estimate of drug-likeness (QED) is 0.333. The summed E-state index contributed by atoms with van der Waals surface area (Å²) in [4.78, 5) is 0. The molecule has 3 heteroatoms. The fourth-order valence-electron chi connectivity index (χ4n) is 6.65. The Kier molecular flexibility index (Phi) is 7.75. The van der Waals surface area contributed by atoms with Crippen molar-refractivity contribution in [2.24, 2.45) is 29.1 Å². The van der Waals surface area contributed by atoms with Gasteiger partial charge in [0.2, 0.25) is 0 Å². The largest absolute Gasteiger partial charge is 0.410 e.